The van der Waals surface area contributed by atoms with Gasteiger partial charge in [0.05, 0.1) is 24.4 Å². The van der Waals surface area contributed by atoms with Crippen LogP contribution in [0.25, 0.3) is 22.0 Å². The molecule has 0 saturated carbocycles. The average molecular weight is 379 g/mol. The maximum atomic E-state index is 5.44. The number of aromatic nitrogens is 1. The Balaban J connectivity index is 1.49. The second-order valence-corrected chi connectivity index (χ2v) is 7.68. The number of hydrogen-bond donors (Lipinski definition) is 2. The summed E-state index contributed by atoms with van der Waals surface area (Å²) in [6.45, 7) is 5.64. The van der Waals surface area contributed by atoms with E-state index >= 15 is 0 Å². The minimum atomic E-state index is 0.839. The van der Waals surface area contributed by atoms with Gasteiger partial charge in [0.15, 0.2) is 0 Å². The fourth-order valence-corrected chi connectivity index (χ4v) is 4.62. The smallest absolute Gasteiger partial charge is 0.0968 e. The molecule has 0 aliphatic carbocycles. The molecule has 0 unspecified atom stereocenters. The normalized spacial score (nSPS) is 16.4. The summed E-state index contributed by atoms with van der Waals surface area (Å²) in [6.07, 6.45) is 1.87. The van der Waals surface area contributed by atoms with Crippen molar-refractivity contribution >= 4 is 34.2 Å². The fraction of sp³-hybridized carbons (Fsp3) is 0.286. The first-order valence-electron chi connectivity index (χ1n) is 9.38. The fourth-order valence-electron chi connectivity index (χ4n) is 3.76. The van der Waals surface area contributed by atoms with Crippen LogP contribution in [0.5, 0.6) is 0 Å². The lowest BCUT2D eigenvalue weighted by Crippen LogP contribution is -2.39. The van der Waals surface area contributed by atoms with Gasteiger partial charge in [-0.15, -0.1) is 0 Å². The van der Waals surface area contributed by atoms with E-state index in [-0.39, 0.29) is 0 Å². The van der Waals surface area contributed by atoms with Crippen LogP contribution in [0.1, 0.15) is 0 Å². The van der Waals surface area contributed by atoms with E-state index in [0.29, 0.717) is 0 Å². The van der Waals surface area contributed by atoms with E-state index in [0.717, 1.165) is 61.7 Å². The van der Waals surface area contributed by atoms with Crippen molar-refractivity contribution in [1.29, 1.82) is 0 Å². The molecule has 6 heteroatoms. The van der Waals surface area contributed by atoms with Gasteiger partial charge in [-0.05, 0) is 41.8 Å². The third-order valence-corrected chi connectivity index (χ3v) is 6.06. The van der Waals surface area contributed by atoms with E-state index in [1.165, 1.54) is 16.0 Å². The molecule has 0 radical (unpaired) electrons. The van der Waals surface area contributed by atoms with Crippen molar-refractivity contribution in [2.24, 2.45) is 0 Å². The number of pyridine rings is 1. The van der Waals surface area contributed by atoms with Crippen LogP contribution in [-0.4, -0.2) is 49.3 Å². The highest BCUT2D eigenvalue weighted by Crippen LogP contribution is 2.46. The van der Waals surface area contributed by atoms with Crippen molar-refractivity contribution in [3.05, 3.63) is 48.7 Å². The third-order valence-electron chi connectivity index (χ3n) is 5.18. The predicted octanol–water partition coefficient (Wildman–Crippen LogP) is 4.08. The van der Waals surface area contributed by atoms with Crippen molar-refractivity contribution in [3.63, 3.8) is 0 Å². The van der Waals surface area contributed by atoms with E-state index in [1.54, 1.807) is 11.9 Å². The first-order chi connectivity index (χ1) is 13.4. The zero-order valence-electron chi connectivity index (χ0n) is 15.1. The van der Waals surface area contributed by atoms with Gasteiger partial charge in [0, 0.05) is 53.9 Å². The predicted molar refractivity (Wildman–Crippen MR) is 112 cm³/mol. The molecule has 0 bridgehead atoms. The summed E-state index contributed by atoms with van der Waals surface area (Å²) in [6, 6.07) is 14.9. The van der Waals surface area contributed by atoms with Crippen LogP contribution in [0.2, 0.25) is 0 Å². The SMILES string of the molecule is c1ccc2c(c1)SNc1c-2cc(NCCN2CCOCC2)c2cccnc12. The number of morpholine rings is 1. The molecule has 138 valence electrons. The molecule has 3 heterocycles. The standard InChI is InChI=1S/C21H22N4OS/c1-2-6-19-15(4-1)17-14-18(22-8-9-25-10-12-26-13-11-25)16-5-3-7-23-20(16)21(17)24-27-19/h1-7,14,22,24H,8-13H2. The van der Waals surface area contributed by atoms with Gasteiger partial charge in [-0.2, -0.15) is 0 Å². The number of nitrogens with zero attached hydrogens (tertiary/aromatic N) is 2. The zero-order chi connectivity index (χ0) is 18.1. The Labute approximate surface area is 163 Å². The molecule has 1 fully saturated rings. The minimum absolute atomic E-state index is 0.839. The van der Waals surface area contributed by atoms with Gasteiger partial charge < -0.3 is 14.8 Å². The molecule has 0 amide bonds. The molecule has 5 rings (SSSR count). The van der Waals surface area contributed by atoms with Gasteiger partial charge >= 0.3 is 0 Å². The molecule has 0 spiro atoms. The van der Waals surface area contributed by atoms with E-state index < -0.39 is 0 Å². The van der Waals surface area contributed by atoms with Crippen LogP contribution < -0.4 is 10.0 Å². The average Bonchev–Trinajstić information content (AvgIpc) is 2.74. The molecule has 2 aromatic carbocycles. The Bertz CT molecular complexity index is 972. The topological polar surface area (TPSA) is 49.4 Å². The van der Waals surface area contributed by atoms with Crippen LogP contribution in [0, 0.1) is 0 Å². The molecule has 2 aliphatic heterocycles. The molecule has 0 atom stereocenters. The third kappa shape index (κ3) is 3.25. The quantitative estimate of drug-likeness (QED) is 0.667. The van der Waals surface area contributed by atoms with Crippen LogP contribution in [0.4, 0.5) is 11.4 Å². The lowest BCUT2D eigenvalue weighted by atomic mass is 9.99. The van der Waals surface area contributed by atoms with Gasteiger partial charge in [0.1, 0.15) is 0 Å². The summed E-state index contributed by atoms with van der Waals surface area (Å²) < 4.78 is 8.94. The van der Waals surface area contributed by atoms with E-state index in [9.17, 15) is 0 Å². The van der Waals surface area contributed by atoms with Crippen molar-refractivity contribution in [3.8, 4) is 11.1 Å². The largest absolute Gasteiger partial charge is 0.383 e. The number of ether oxygens (including phenoxy) is 1. The summed E-state index contributed by atoms with van der Waals surface area (Å²) in [7, 11) is 0. The summed E-state index contributed by atoms with van der Waals surface area (Å²) in [4.78, 5) is 8.38. The number of rotatable bonds is 4. The molecule has 2 aliphatic rings. The lowest BCUT2D eigenvalue weighted by molar-refractivity contribution is 0.0398. The molecule has 3 aromatic rings. The van der Waals surface area contributed by atoms with Gasteiger partial charge in [0.2, 0.25) is 0 Å². The summed E-state index contributed by atoms with van der Waals surface area (Å²) in [5.74, 6) is 0. The molecular weight excluding hydrogens is 356 g/mol. The first kappa shape index (κ1) is 16.9. The highest BCUT2D eigenvalue weighted by Gasteiger charge is 2.21. The summed E-state index contributed by atoms with van der Waals surface area (Å²) in [5, 5.41) is 4.82. The molecular formula is C21H22N4OS. The van der Waals surface area contributed by atoms with Gasteiger partial charge in [-0.25, -0.2) is 0 Å². The van der Waals surface area contributed by atoms with Gasteiger partial charge in [-0.1, -0.05) is 18.2 Å². The highest BCUT2D eigenvalue weighted by molar-refractivity contribution is 8.00. The number of anilines is 2. The van der Waals surface area contributed by atoms with E-state index in [4.69, 9.17) is 4.74 Å². The monoisotopic (exact) mass is 378 g/mol. The molecule has 27 heavy (non-hydrogen) atoms. The second-order valence-electron chi connectivity index (χ2n) is 6.83. The Morgan fingerprint density at radius 3 is 2.93 bits per heavy atom. The molecule has 2 N–H and O–H groups in total. The van der Waals surface area contributed by atoms with E-state index in [2.05, 4.69) is 56.3 Å². The number of benzene rings is 2. The summed E-state index contributed by atoms with van der Waals surface area (Å²) in [5.41, 5.74) is 5.75. The van der Waals surface area contributed by atoms with Crippen molar-refractivity contribution < 1.29 is 4.74 Å². The van der Waals surface area contributed by atoms with Gasteiger partial charge in [-0.3, -0.25) is 9.88 Å². The molecule has 1 saturated heterocycles. The Kier molecular flexibility index (Phi) is 4.61. The van der Waals surface area contributed by atoms with Crippen LogP contribution >= 0.6 is 11.9 Å². The second kappa shape index (κ2) is 7.38. The molecule has 1 aromatic heterocycles. The number of hydrogen-bond acceptors (Lipinski definition) is 6. The maximum absolute atomic E-state index is 5.44. The van der Waals surface area contributed by atoms with Crippen molar-refractivity contribution in [1.82, 2.24) is 9.88 Å². The van der Waals surface area contributed by atoms with Gasteiger partial charge in [0.25, 0.3) is 0 Å². The minimum Gasteiger partial charge on any atom is -0.383 e. The maximum Gasteiger partial charge on any atom is 0.0968 e. The number of fused-ring (bicyclic) bond motifs is 5. The van der Waals surface area contributed by atoms with Crippen LogP contribution in [0.3, 0.4) is 0 Å². The highest BCUT2D eigenvalue weighted by atomic mass is 32.2. The first-order valence-corrected chi connectivity index (χ1v) is 10.2. The van der Waals surface area contributed by atoms with Crippen molar-refractivity contribution in [2.45, 2.75) is 4.90 Å². The summed E-state index contributed by atoms with van der Waals surface area (Å²) >= 11 is 1.66. The Hall–Kier alpha value is -2.28. The van der Waals surface area contributed by atoms with E-state index in [1.807, 2.05) is 12.3 Å². The lowest BCUT2D eigenvalue weighted by Gasteiger charge is -2.27. The Morgan fingerprint density at radius 2 is 2.00 bits per heavy atom. The molecule has 5 nitrogen and oxygen atoms in total. The Morgan fingerprint density at radius 1 is 1.11 bits per heavy atom. The zero-order valence-corrected chi connectivity index (χ0v) is 15.9. The van der Waals surface area contributed by atoms with Crippen LogP contribution in [0.15, 0.2) is 53.6 Å². The number of nitrogens with one attached hydrogen (secondary N) is 2. The van der Waals surface area contributed by atoms with Crippen LogP contribution in [-0.2, 0) is 4.74 Å². The van der Waals surface area contributed by atoms with Crippen molar-refractivity contribution in [2.75, 3.05) is 49.4 Å².